The summed E-state index contributed by atoms with van der Waals surface area (Å²) in [5, 5.41) is 10.9. The average molecular weight is 304 g/mol. The minimum absolute atomic E-state index is 0.0176. The molecule has 116 valence electrons. The molecule has 0 unspecified atom stereocenters. The lowest BCUT2D eigenvalue weighted by atomic mass is 10.1. The van der Waals surface area contributed by atoms with Crippen LogP contribution in [0, 0.1) is 0 Å². The van der Waals surface area contributed by atoms with Gasteiger partial charge in [-0.25, -0.2) is 4.79 Å². The van der Waals surface area contributed by atoms with Gasteiger partial charge in [-0.2, -0.15) is 13.2 Å². The molecule has 0 aliphatic heterocycles. The van der Waals surface area contributed by atoms with Crippen molar-refractivity contribution >= 4 is 12.0 Å². The van der Waals surface area contributed by atoms with Crippen LogP contribution in [0.15, 0.2) is 24.3 Å². The number of nitrogens with one attached hydrogen (secondary N) is 1. The molecule has 2 amide bonds. The van der Waals surface area contributed by atoms with Gasteiger partial charge in [-0.3, -0.25) is 4.79 Å². The third-order valence-electron chi connectivity index (χ3n) is 2.71. The van der Waals surface area contributed by atoms with Gasteiger partial charge in [0.15, 0.2) is 0 Å². The standard InChI is InChI=1S/C13H15F3N2O3/c1-18(6-5-11(19)20)12(21)17-8-9-3-2-4-10(7-9)13(14,15)16/h2-4,7H,5-6,8H2,1H3,(H,17,21)(H,19,20). The van der Waals surface area contributed by atoms with Gasteiger partial charge in [-0.1, -0.05) is 12.1 Å². The second-order valence-electron chi connectivity index (χ2n) is 4.42. The van der Waals surface area contributed by atoms with Crippen molar-refractivity contribution in [2.75, 3.05) is 13.6 Å². The molecule has 0 fully saturated rings. The summed E-state index contributed by atoms with van der Waals surface area (Å²) in [6, 6.07) is 4.08. The van der Waals surface area contributed by atoms with Crippen LogP contribution in [0.1, 0.15) is 17.5 Å². The number of rotatable bonds is 5. The minimum atomic E-state index is -4.43. The number of halogens is 3. The van der Waals surface area contributed by atoms with Gasteiger partial charge in [0.05, 0.1) is 12.0 Å². The van der Waals surface area contributed by atoms with Gasteiger partial charge in [0.2, 0.25) is 0 Å². The van der Waals surface area contributed by atoms with Crippen molar-refractivity contribution in [1.82, 2.24) is 10.2 Å². The predicted molar refractivity (Wildman–Crippen MR) is 68.6 cm³/mol. The Kier molecular flexibility index (Phi) is 5.57. The predicted octanol–water partition coefficient (Wildman–Crippen LogP) is 2.32. The molecule has 0 aromatic heterocycles. The fourth-order valence-electron chi connectivity index (χ4n) is 1.54. The quantitative estimate of drug-likeness (QED) is 0.877. The molecule has 2 N–H and O–H groups in total. The number of carbonyl (C=O) groups is 2. The van der Waals surface area contributed by atoms with E-state index in [1.165, 1.54) is 19.2 Å². The van der Waals surface area contributed by atoms with E-state index >= 15 is 0 Å². The first-order valence-electron chi connectivity index (χ1n) is 6.07. The van der Waals surface area contributed by atoms with Crippen LogP contribution >= 0.6 is 0 Å². The highest BCUT2D eigenvalue weighted by Crippen LogP contribution is 2.29. The molecule has 0 saturated heterocycles. The monoisotopic (exact) mass is 304 g/mol. The summed E-state index contributed by atoms with van der Waals surface area (Å²) >= 11 is 0. The van der Waals surface area contributed by atoms with Crippen LogP contribution in [0.2, 0.25) is 0 Å². The third kappa shape index (κ3) is 5.72. The van der Waals surface area contributed by atoms with E-state index in [0.717, 1.165) is 17.0 Å². The molecule has 0 spiro atoms. The van der Waals surface area contributed by atoms with Crippen molar-refractivity contribution in [3.63, 3.8) is 0 Å². The van der Waals surface area contributed by atoms with Crippen LogP contribution < -0.4 is 5.32 Å². The Bertz CT molecular complexity index is 518. The van der Waals surface area contributed by atoms with E-state index in [4.69, 9.17) is 5.11 Å². The first kappa shape index (κ1) is 16.8. The number of alkyl halides is 3. The van der Waals surface area contributed by atoms with Crippen LogP contribution in [-0.2, 0) is 17.5 Å². The van der Waals surface area contributed by atoms with E-state index < -0.39 is 23.7 Å². The fraction of sp³-hybridized carbons (Fsp3) is 0.385. The molecule has 0 atom stereocenters. The van der Waals surface area contributed by atoms with Crippen molar-refractivity contribution in [1.29, 1.82) is 0 Å². The van der Waals surface area contributed by atoms with Gasteiger partial charge in [0, 0.05) is 20.1 Å². The number of nitrogens with zero attached hydrogens (tertiary/aromatic N) is 1. The summed E-state index contributed by atoms with van der Waals surface area (Å²) in [7, 11) is 1.41. The Morgan fingerprint density at radius 1 is 1.33 bits per heavy atom. The highest BCUT2D eigenvalue weighted by molar-refractivity contribution is 5.75. The minimum Gasteiger partial charge on any atom is -0.481 e. The lowest BCUT2D eigenvalue weighted by Crippen LogP contribution is -2.38. The van der Waals surface area contributed by atoms with Gasteiger partial charge in [-0.15, -0.1) is 0 Å². The number of hydrogen-bond donors (Lipinski definition) is 2. The second kappa shape index (κ2) is 6.96. The number of carboxylic acids is 1. The molecular formula is C13H15F3N2O3. The number of carboxylic acid groups (broad SMARTS) is 1. The molecule has 0 bridgehead atoms. The molecule has 0 saturated carbocycles. The van der Waals surface area contributed by atoms with Crippen LogP contribution in [-0.4, -0.2) is 35.6 Å². The number of amides is 2. The van der Waals surface area contributed by atoms with Crippen molar-refractivity contribution in [3.8, 4) is 0 Å². The number of hydrogen-bond acceptors (Lipinski definition) is 2. The molecule has 5 nitrogen and oxygen atoms in total. The molecule has 0 aliphatic rings. The molecule has 1 aromatic carbocycles. The maximum atomic E-state index is 12.5. The summed E-state index contributed by atoms with van der Waals surface area (Å²) in [6.07, 6.45) is -4.63. The van der Waals surface area contributed by atoms with E-state index in [9.17, 15) is 22.8 Å². The lowest BCUT2D eigenvalue weighted by Gasteiger charge is -2.17. The molecule has 8 heteroatoms. The average Bonchev–Trinajstić information content (AvgIpc) is 2.41. The third-order valence-corrected chi connectivity index (χ3v) is 2.71. The van der Waals surface area contributed by atoms with Crippen LogP contribution in [0.4, 0.5) is 18.0 Å². The maximum Gasteiger partial charge on any atom is 0.416 e. The molecule has 21 heavy (non-hydrogen) atoms. The summed E-state index contributed by atoms with van der Waals surface area (Å²) in [5.74, 6) is -1.03. The lowest BCUT2D eigenvalue weighted by molar-refractivity contribution is -0.138. The van der Waals surface area contributed by atoms with Crippen LogP contribution in [0.3, 0.4) is 0 Å². The summed E-state index contributed by atoms with van der Waals surface area (Å²) in [4.78, 5) is 23.1. The van der Waals surface area contributed by atoms with Gasteiger partial charge in [0.1, 0.15) is 0 Å². The van der Waals surface area contributed by atoms with Gasteiger partial charge < -0.3 is 15.3 Å². The first-order valence-corrected chi connectivity index (χ1v) is 6.07. The Morgan fingerprint density at radius 3 is 2.57 bits per heavy atom. The van der Waals surface area contributed by atoms with E-state index in [-0.39, 0.29) is 19.5 Å². The van der Waals surface area contributed by atoms with Crippen molar-refractivity contribution in [2.24, 2.45) is 0 Å². The van der Waals surface area contributed by atoms with Crippen LogP contribution in [0.25, 0.3) is 0 Å². The van der Waals surface area contributed by atoms with Crippen molar-refractivity contribution < 1.29 is 27.9 Å². The highest BCUT2D eigenvalue weighted by atomic mass is 19.4. The van der Waals surface area contributed by atoms with Crippen molar-refractivity contribution in [2.45, 2.75) is 19.1 Å². The maximum absolute atomic E-state index is 12.5. The van der Waals surface area contributed by atoms with E-state index in [0.29, 0.717) is 5.56 Å². The zero-order valence-corrected chi connectivity index (χ0v) is 11.3. The number of benzene rings is 1. The van der Waals surface area contributed by atoms with E-state index in [1.807, 2.05) is 0 Å². The zero-order chi connectivity index (χ0) is 16.0. The highest BCUT2D eigenvalue weighted by Gasteiger charge is 2.30. The Hall–Kier alpha value is -2.25. The van der Waals surface area contributed by atoms with Crippen molar-refractivity contribution in [3.05, 3.63) is 35.4 Å². The number of carbonyl (C=O) groups excluding carboxylic acids is 1. The topological polar surface area (TPSA) is 69.6 Å². The summed E-state index contributed by atoms with van der Waals surface area (Å²) in [5.41, 5.74) is -0.474. The number of urea groups is 1. The zero-order valence-electron chi connectivity index (χ0n) is 11.3. The first-order chi connectivity index (χ1) is 9.70. The van der Waals surface area contributed by atoms with Gasteiger partial charge in [0.25, 0.3) is 0 Å². The number of aliphatic carboxylic acids is 1. The summed E-state index contributed by atoms with van der Waals surface area (Å²) in [6.45, 7) is -0.0517. The second-order valence-corrected chi connectivity index (χ2v) is 4.42. The molecule has 0 heterocycles. The fourth-order valence-corrected chi connectivity index (χ4v) is 1.54. The van der Waals surface area contributed by atoms with E-state index in [1.54, 1.807) is 0 Å². The Morgan fingerprint density at radius 2 is 2.00 bits per heavy atom. The molecule has 1 rings (SSSR count). The molecule has 1 aromatic rings. The SMILES string of the molecule is CN(CCC(=O)O)C(=O)NCc1cccc(C(F)(F)F)c1. The Balaban J connectivity index is 2.55. The molecule has 0 radical (unpaired) electrons. The van der Waals surface area contributed by atoms with Crippen LogP contribution in [0.5, 0.6) is 0 Å². The Labute approximate surface area is 119 Å². The largest absolute Gasteiger partial charge is 0.481 e. The smallest absolute Gasteiger partial charge is 0.416 e. The molecule has 0 aliphatic carbocycles. The normalized spacial score (nSPS) is 11.0. The summed E-state index contributed by atoms with van der Waals surface area (Å²) < 4.78 is 37.6. The molecular weight excluding hydrogens is 289 g/mol. The van der Waals surface area contributed by atoms with Gasteiger partial charge in [-0.05, 0) is 17.7 Å². The van der Waals surface area contributed by atoms with E-state index in [2.05, 4.69) is 5.32 Å². The van der Waals surface area contributed by atoms with Gasteiger partial charge >= 0.3 is 18.2 Å².